The first-order valence-corrected chi connectivity index (χ1v) is 12.5. The van der Waals surface area contributed by atoms with Gasteiger partial charge in [-0.1, -0.05) is 63.3 Å². The molecule has 2 amide bonds. The van der Waals surface area contributed by atoms with Crippen molar-refractivity contribution in [2.75, 3.05) is 13.7 Å². The SMILES string of the molecule is CO[C@@H](C(=O)N[C@H]1CC[C@@H](OC(=O)CCc2ccccc2)CNC1=O)[C@H](O)[C@@H](O)[C@H](O)/C=C/C(C)(C)C. The molecule has 37 heavy (non-hydrogen) atoms. The third-order valence-corrected chi connectivity index (χ3v) is 5.99. The highest BCUT2D eigenvalue weighted by molar-refractivity contribution is 5.89. The van der Waals surface area contributed by atoms with E-state index in [1.54, 1.807) is 6.08 Å². The Hall–Kier alpha value is -2.79. The summed E-state index contributed by atoms with van der Waals surface area (Å²) in [6, 6.07) is 8.61. The van der Waals surface area contributed by atoms with Gasteiger partial charge in [-0.05, 0) is 30.2 Å². The van der Waals surface area contributed by atoms with Gasteiger partial charge in [-0.15, -0.1) is 0 Å². The zero-order chi connectivity index (χ0) is 27.6. The second-order valence-corrected chi connectivity index (χ2v) is 10.3. The minimum atomic E-state index is -1.75. The maximum absolute atomic E-state index is 12.8. The van der Waals surface area contributed by atoms with Gasteiger partial charge in [0, 0.05) is 13.5 Å². The van der Waals surface area contributed by atoms with E-state index in [1.165, 1.54) is 13.2 Å². The number of amides is 2. The molecule has 1 aliphatic rings. The van der Waals surface area contributed by atoms with E-state index < -0.39 is 48.4 Å². The first kappa shape index (κ1) is 30.4. The van der Waals surface area contributed by atoms with E-state index in [1.807, 2.05) is 51.1 Å². The number of benzene rings is 1. The maximum Gasteiger partial charge on any atom is 0.306 e. The predicted molar refractivity (Wildman–Crippen MR) is 136 cm³/mol. The van der Waals surface area contributed by atoms with Crippen LogP contribution in [-0.4, -0.2) is 83.3 Å². The molecule has 1 aliphatic heterocycles. The van der Waals surface area contributed by atoms with Crippen LogP contribution in [0.4, 0.5) is 0 Å². The van der Waals surface area contributed by atoms with Gasteiger partial charge in [0.1, 0.15) is 30.5 Å². The molecular formula is C27H40N2O8. The minimum absolute atomic E-state index is 0.115. The number of esters is 1. The molecule has 0 unspecified atom stereocenters. The van der Waals surface area contributed by atoms with Crippen molar-refractivity contribution in [1.82, 2.24) is 10.6 Å². The second-order valence-electron chi connectivity index (χ2n) is 10.3. The number of methoxy groups -OCH3 is 1. The van der Waals surface area contributed by atoms with Crippen molar-refractivity contribution in [3.05, 3.63) is 48.0 Å². The summed E-state index contributed by atoms with van der Waals surface area (Å²) < 4.78 is 10.6. The van der Waals surface area contributed by atoms with Crippen molar-refractivity contribution in [1.29, 1.82) is 0 Å². The van der Waals surface area contributed by atoms with Crippen LogP contribution in [0.3, 0.4) is 0 Å². The molecule has 1 heterocycles. The van der Waals surface area contributed by atoms with E-state index in [-0.39, 0.29) is 30.8 Å². The van der Waals surface area contributed by atoms with Gasteiger partial charge in [0.25, 0.3) is 5.91 Å². The second kappa shape index (κ2) is 14.2. The lowest BCUT2D eigenvalue weighted by Crippen LogP contribution is -2.55. The van der Waals surface area contributed by atoms with Crippen molar-refractivity contribution in [2.45, 2.75) is 83.0 Å². The molecule has 0 radical (unpaired) electrons. The molecule has 5 N–H and O–H groups in total. The number of carbonyl (C=O) groups is 3. The standard InChI is InChI=1S/C27H40N2O8/c1-27(2,3)15-14-20(30)22(32)23(33)24(36-4)26(35)29-19-12-11-18(16-28-25(19)34)37-21(31)13-10-17-8-6-5-7-9-17/h5-9,14-15,18-20,22-24,30,32-33H,10-13,16H2,1-4H3,(H,28,34)(H,29,35)/b15-14+/t18-,19+,20-,22+,23-,24-/m1/s1. The Balaban J connectivity index is 1.89. The van der Waals surface area contributed by atoms with Gasteiger partial charge >= 0.3 is 5.97 Å². The highest BCUT2D eigenvalue weighted by Crippen LogP contribution is 2.17. The number of aryl methyl sites for hydroxylation is 1. The van der Waals surface area contributed by atoms with Gasteiger partial charge in [0.05, 0.1) is 6.54 Å². The summed E-state index contributed by atoms with van der Waals surface area (Å²) >= 11 is 0. The number of aliphatic hydroxyl groups excluding tert-OH is 3. The van der Waals surface area contributed by atoms with Crippen molar-refractivity contribution in [3.8, 4) is 0 Å². The molecule has 2 rings (SSSR count). The van der Waals surface area contributed by atoms with Crippen LogP contribution in [0.5, 0.6) is 0 Å². The van der Waals surface area contributed by atoms with Crippen LogP contribution in [0, 0.1) is 5.41 Å². The Labute approximate surface area is 218 Å². The monoisotopic (exact) mass is 520 g/mol. The van der Waals surface area contributed by atoms with E-state index in [0.29, 0.717) is 12.8 Å². The summed E-state index contributed by atoms with van der Waals surface area (Å²) in [6.07, 6.45) is -2.65. The summed E-state index contributed by atoms with van der Waals surface area (Å²) in [4.78, 5) is 37.6. The van der Waals surface area contributed by atoms with Crippen molar-refractivity contribution in [3.63, 3.8) is 0 Å². The fraction of sp³-hybridized carbons (Fsp3) is 0.593. The number of ether oxygens (including phenoxy) is 2. The number of hydrogen-bond acceptors (Lipinski definition) is 8. The van der Waals surface area contributed by atoms with Gasteiger partial charge in [-0.3, -0.25) is 14.4 Å². The lowest BCUT2D eigenvalue weighted by Gasteiger charge is -2.28. The zero-order valence-corrected chi connectivity index (χ0v) is 21.9. The van der Waals surface area contributed by atoms with E-state index in [9.17, 15) is 29.7 Å². The highest BCUT2D eigenvalue weighted by atomic mass is 16.5. The Morgan fingerprint density at radius 1 is 1.14 bits per heavy atom. The Morgan fingerprint density at radius 3 is 2.43 bits per heavy atom. The number of allylic oxidation sites excluding steroid dienone is 1. The molecule has 1 aromatic carbocycles. The van der Waals surface area contributed by atoms with Crippen molar-refractivity contribution >= 4 is 17.8 Å². The topological polar surface area (TPSA) is 154 Å². The maximum atomic E-state index is 12.8. The van der Waals surface area contributed by atoms with E-state index in [0.717, 1.165) is 5.56 Å². The molecule has 0 spiro atoms. The molecule has 10 nitrogen and oxygen atoms in total. The molecule has 1 saturated heterocycles. The van der Waals surface area contributed by atoms with Crippen LogP contribution in [0.25, 0.3) is 0 Å². The van der Waals surface area contributed by atoms with E-state index in [2.05, 4.69) is 10.6 Å². The lowest BCUT2D eigenvalue weighted by atomic mass is 9.94. The quantitative estimate of drug-likeness (QED) is 0.210. The summed E-state index contributed by atoms with van der Waals surface area (Å²) in [7, 11) is 1.18. The zero-order valence-electron chi connectivity index (χ0n) is 21.9. The molecule has 0 bridgehead atoms. The number of nitrogens with one attached hydrogen (secondary N) is 2. The van der Waals surface area contributed by atoms with Crippen LogP contribution in [0.2, 0.25) is 0 Å². The van der Waals surface area contributed by atoms with Crippen LogP contribution in [0.1, 0.15) is 45.6 Å². The van der Waals surface area contributed by atoms with Crippen LogP contribution >= 0.6 is 0 Å². The molecule has 0 saturated carbocycles. The summed E-state index contributed by atoms with van der Waals surface area (Å²) in [5.41, 5.74) is 0.763. The molecule has 6 atom stereocenters. The molecule has 0 aromatic heterocycles. The Kier molecular flexibility index (Phi) is 11.7. The molecule has 1 fully saturated rings. The average Bonchev–Trinajstić information content (AvgIpc) is 3.02. The fourth-order valence-electron chi connectivity index (χ4n) is 3.84. The number of rotatable bonds is 11. The smallest absolute Gasteiger partial charge is 0.306 e. The van der Waals surface area contributed by atoms with Crippen LogP contribution in [0.15, 0.2) is 42.5 Å². The third-order valence-electron chi connectivity index (χ3n) is 5.99. The number of hydrogen-bond donors (Lipinski definition) is 5. The molecule has 1 aromatic rings. The van der Waals surface area contributed by atoms with E-state index >= 15 is 0 Å². The van der Waals surface area contributed by atoms with Crippen LogP contribution < -0.4 is 10.6 Å². The summed E-state index contributed by atoms with van der Waals surface area (Å²) in [5.74, 6) is -1.66. The Morgan fingerprint density at radius 2 is 1.81 bits per heavy atom. The largest absolute Gasteiger partial charge is 0.460 e. The first-order chi connectivity index (χ1) is 17.4. The van der Waals surface area contributed by atoms with Crippen molar-refractivity contribution in [2.24, 2.45) is 5.41 Å². The number of aliphatic hydroxyl groups is 3. The highest BCUT2D eigenvalue weighted by Gasteiger charge is 2.37. The average molecular weight is 521 g/mol. The van der Waals surface area contributed by atoms with Gasteiger partial charge in [0.2, 0.25) is 5.91 Å². The van der Waals surface area contributed by atoms with Gasteiger partial charge in [-0.2, -0.15) is 0 Å². The van der Waals surface area contributed by atoms with E-state index in [4.69, 9.17) is 9.47 Å². The summed E-state index contributed by atoms with van der Waals surface area (Å²) in [6.45, 7) is 5.82. The van der Waals surface area contributed by atoms with Crippen LogP contribution in [-0.2, 0) is 30.3 Å². The first-order valence-electron chi connectivity index (χ1n) is 12.5. The Bertz CT molecular complexity index is 915. The third kappa shape index (κ3) is 10.2. The van der Waals surface area contributed by atoms with Gasteiger partial charge in [0.15, 0.2) is 6.10 Å². The normalized spacial score (nSPS) is 21.9. The molecule has 206 valence electrons. The van der Waals surface area contributed by atoms with Crippen molar-refractivity contribution < 1.29 is 39.2 Å². The molecule has 10 heteroatoms. The fourth-order valence-corrected chi connectivity index (χ4v) is 3.84. The summed E-state index contributed by atoms with van der Waals surface area (Å²) in [5, 5.41) is 36.2. The lowest BCUT2D eigenvalue weighted by molar-refractivity contribution is -0.151. The van der Waals surface area contributed by atoms with Gasteiger partial charge in [-0.25, -0.2) is 0 Å². The molecular weight excluding hydrogens is 480 g/mol. The minimum Gasteiger partial charge on any atom is -0.460 e. The van der Waals surface area contributed by atoms with Gasteiger partial charge < -0.3 is 35.4 Å². The molecule has 0 aliphatic carbocycles. The number of carbonyl (C=O) groups excluding carboxylic acids is 3. The predicted octanol–water partition coefficient (Wildman–Crippen LogP) is 0.626.